The van der Waals surface area contributed by atoms with Gasteiger partial charge in [0.2, 0.25) is 0 Å². The molecule has 174 valence electrons. The largest absolute Gasteiger partial charge is 0.497 e. The summed E-state index contributed by atoms with van der Waals surface area (Å²) in [6, 6.07) is 10.7. The van der Waals surface area contributed by atoms with Gasteiger partial charge in [-0.25, -0.2) is 8.42 Å². The Balaban J connectivity index is 1.43. The van der Waals surface area contributed by atoms with E-state index in [0.29, 0.717) is 30.1 Å². The number of thiophene rings is 1. The van der Waals surface area contributed by atoms with Gasteiger partial charge in [0.1, 0.15) is 9.96 Å². The summed E-state index contributed by atoms with van der Waals surface area (Å²) in [5.74, 6) is -0.634. The number of rotatable bonds is 9. The minimum absolute atomic E-state index is 0.186. The Hall–Kier alpha value is -2.43. The molecule has 3 rings (SSSR count). The second-order valence-corrected chi connectivity index (χ2v) is 10.7. The number of piperidine rings is 1. The number of sulfonamides is 1. The summed E-state index contributed by atoms with van der Waals surface area (Å²) in [5.41, 5.74) is 1.02. The summed E-state index contributed by atoms with van der Waals surface area (Å²) < 4.78 is 32.8. The van der Waals surface area contributed by atoms with Crippen molar-refractivity contribution in [2.24, 2.45) is 0 Å². The van der Waals surface area contributed by atoms with E-state index >= 15 is 0 Å². The maximum absolute atomic E-state index is 12.9. The van der Waals surface area contributed by atoms with Crippen molar-refractivity contribution >= 4 is 33.2 Å². The molecule has 2 N–H and O–H groups in total. The van der Waals surface area contributed by atoms with Gasteiger partial charge >= 0.3 is 11.8 Å². The second kappa shape index (κ2) is 11.4. The van der Waals surface area contributed by atoms with E-state index < -0.39 is 21.8 Å². The highest BCUT2D eigenvalue weighted by atomic mass is 32.2. The SMILES string of the molecule is COc1ccc(CCNC(=O)C(=O)NCC[C@H]2CCCCN2S(=O)(=O)c2cccs2)cc1. The molecule has 1 aliphatic rings. The van der Waals surface area contributed by atoms with Crippen molar-refractivity contribution in [3.05, 3.63) is 47.3 Å². The van der Waals surface area contributed by atoms with Gasteiger partial charge in [-0.1, -0.05) is 24.6 Å². The Bertz CT molecular complexity index is 991. The van der Waals surface area contributed by atoms with Crippen molar-refractivity contribution in [3.63, 3.8) is 0 Å². The zero-order valence-electron chi connectivity index (χ0n) is 18.1. The van der Waals surface area contributed by atoms with Crippen LogP contribution in [0.2, 0.25) is 0 Å². The van der Waals surface area contributed by atoms with Crippen LogP contribution in [0.4, 0.5) is 0 Å². The lowest BCUT2D eigenvalue weighted by atomic mass is 10.0. The number of amides is 2. The highest BCUT2D eigenvalue weighted by Crippen LogP contribution is 2.29. The first kappa shape index (κ1) is 24.2. The van der Waals surface area contributed by atoms with Gasteiger partial charge in [-0.2, -0.15) is 4.31 Å². The third kappa shape index (κ3) is 6.30. The number of ether oxygens (including phenoxy) is 1. The number of benzene rings is 1. The van der Waals surface area contributed by atoms with E-state index in [1.54, 1.807) is 28.9 Å². The van der Waals surface area contributed by atoms with E-state index in [2.05, 4.69) is 10.6 Å². The number of nitrogens with zero attached hydrogens (tertiary/aromatic N) is 1. The first-order valence-electron chi connectivity index (χ1n) is 10.7. The fourth-order valence-corrected chi connectivity index (χ4v) is 6.57. The molecule has 32 heavy (non-hydrogen) atoms. The van der Waals surface area contributed by atoms with Crippen LogP contribution < -0.4 is 15.4 Å². The second-order valence-electron chi connectivity index (χ2n) is 7.60. The highest BCUT2D eigenvalue weighted by molar-refractivity contribution is 7.91. The molecule has 0 bridgehead atoms. The molecule has 1 aromatic heterocycles. The Morgan fingerprint density at radius 3 is 2.47 bits per heavy atom. The summed E-state index contributed by atoms with van der Waals surface area (Å²) in [4.78, 5) is 24.2. The van der Waals surface area contributed by atoms with Crippen molar-refractivity contribution in [1.29, 1.82) is 0 Å². The summed E-state index contributed by atoms with van der Waals surface area (Å²) in [6.07, 6.45) is 3.58. The molecule has 2 amide bonds. The van der Waals surface area contributed by atoms with Crippen LogP contribution in [-0.4, -0.2) is 57.3 Å². The van der Waals surface area contributed by atoms with E-state index in [0.717, 1.165) is 30.6 Å². The highest BCUT2D eigenvalue weighted by Gasteiger charge is 2.33. The van der Waals surface area contributed by atoms with E-state index in [1.165, 1.54) is 11.3 Å². The number of hydrogen-bond acceptors (Lipinski definition) is 6. The Labute approximate surface area is 193 Å². The normalized spacial score (nSPS) is 17.0. The smallest absolute Gasteiger partial charge is 0.309 e. The fourth-order valence-electron chi connectivity index (χ4n) is 3.73. The maximum Gasteiger partial charge on any atom is 0.309 e. The van der Waals surface area contributed by atoms with Crippen molar-refractivity contribution in [2.45, 2.75) is 42.4 Å². The van der Waals surface area contributed by atoms with E-state index in [-0.39, 0.29) is 12.6 Å². The third-order valence-electron chi connectivity index (χ3n) is 5.46. The molecule has 0 radical (unpaired) electrons. The summed E-state index contributed by atoms with van der Waals surface area (Å²) in [7, 11) is -1.93. The number of carbonyl (C=O) groups excluding carboxylic acids is 2. The van der Waals surface area contributed by atoms with Crippen LogP contribution in [-0.2, 0) is 26.0 Å². The van der Waals surface area contributed by atoms with Crippen molar-refractivity contribution in [1.82, 2.24) is 14.9 Å². The van der Waals surface area contributed by atoms with Gasteiger partial charge in [0.15, 0.2) is 0 Å². The summed E-state index contributed by atoms with van der Waals surface area (Å²) >= 11 is 1.21. The van der Waals surface area contributed by atoms with E-state index in [4.69, 9.17) is 4.74 Å². The Morgan fingerprint density at radius 2 is 1.81 bits per heavy atom. The average Bonchev–Trinajstić information content (AvgIpc) is 3.35. The van der Waals surface area contributed by atoms with Gasteiger partial charge in [-0.15, -0.1) is 11.3 Å². The fraction of sp³-hybridized carbons (Fsp3) is 0.455. The molecule has 1 aromatic carbocycles. The third-order valence-corrected chi connectivity index (χ3v) is 8.78. The molecule has 1 atom stereocenters. The van der Waals surface area contributed by atoms with Gasteiger partial charge in [0, 0.05) is 25.7 Å². The molecule has 8 nitrogen and oxygen atoms in total. The number of carbonyl (C=O) groups is 2. The summed E-state index contributed by atoms with van der Waals surface area (Å²) in [6.45, 7) is 1.06. The molecule has 1 saturated heterocycles. The van der Waals surface area contributed by atoms with E-state index in [1.807, 2.05) is 24.3 Å². The van der Waals surface area contributed by atoms with Gasteiger partial charge in [-0.3, -0.25) is 9.59 Å². The van der Waals surface area contributed by atoms with Crippen LogP contribution in [0.25, 0.3) is 0 Å². The van der Waals surface area contributed by atoms with Crippen LogP contribution in [0, 0.1) is 0 Å². The van der Waals surface area contributed by atoms with Crippen LogP contribution in [0.3, 0.4) is 0 Å². The van der Waals surface area contributed by atoms with Crippen LogP contribution >= 0.6 is 11.3 Å². The molecular formula is C22H29N3O5S2. The topological polar surface area (TPSA) is 105 Å². The van der Waals surface area contributed by atoms with E-state index in [9.17, 15) is 18.0 Å². The zero-order chi connectivity index (χ0) is 23.0. The lowest BCUT2D eigenvalue weighted by Crippen LogP contribution is -2.46. The molecule has 0 saturated carbocycles. The van der Waals surface area contributed by atoms with Gasteiger partial charge in [0.25, 0.3) is 10.0 Å². The molecule has 10 heteroatoms. The molecule has 2 heterocycles. The quantitative estimate of drug-likeness (QED) is 0.537. The lowest BCUT2D eigenvalue weighted by molar-refractivity contribution is -0.139. The first-order chi connectivity index (χ1) is 15.4. The monoisotopic (exact) mass is 479 g/mol. The molecular weight excluding hydrogens is 450 g/mol. The molecule has 1 fully saturated rings. The average molecular weight is 480 g/mol. The van der Waals surface area contributed by atoms with Gasteiger partial charge in [-0.05, 0) is 54.8 Å². The number of nitrogens with one attached hydrogen (secondary N) is 2. The van der Waals surface area contributed by atoms with Crippen molar-refractivity contribution in [2.75, 3.05) is 26.7 Å². The maximum atomic E-state index is 12.9. The predicted octanol–water partition coefficient (Wildman–Crippen LogP) is 2.17. The van der Waals surface area contributed by atoms with Crippen molar-refractivity contribution < 1.29 is 22.7 Å². The summed E-state index contributed by atoms with van der Waals surface area (Å²) in [5, 5.41) is 6.98. The lowest BCUT2D eigenvalue weighted by Gasteiger charge is -2.34. The first-order valence-corrected chi connectivity index (χ1v) is 13.0. The molecule has 1 aliphatic heterocycles. The minimum Gasteiger partial charge on any atom is -0.497 e. The van der Waals surface area contributed by atoms with Crippen molar-refractivity contribution in [3.8, 4) is 5.75 Å². The molecule has 2 aromatic rings. The number of hydrogen-bond donors (Lipinski definition) is 2. The van der Waals surface area contributed by atoms with Gasteiger partial charge in [0.05, 0.1) is 7.11 Å². The molecule has 0 aliphatic carbocycles. The predicted molar refractivity (Wildman–Crippen MR) is 123 cm³/mol. The van der Waals surface area contributed by atoms with Crippen LogP contribution in [0.1, 0.15) is 31.2 Å². The number of methoxy groups -OCH3 is 1. The minimum atomic E-state index is -3.53. The molecule has 0 unspecified atom stereocenters. The Kier molecular flexibility index (Phi) is 8.66. The van der Waals surface area contributed by atoms with Crippen LogP contribution in [0.5, 0.6) is 5.75 Å². The van der Waals surface area contributed by atoms with Gasteiger partial charge < -0.3 is 15.4 Å². The standard InChI is InChI=1S/C22H29N3O5S2/c1-30-19-9-7-17(8-10-19)11-13-23-21(26)22(27)24-14-12-18-5-2-3-15-25(18)32(28,29)20-6-4-16-31-20/h4,6-10,16,18H,2-3,5,11-15H2,1H3,(H,23,26)(H,24,27)/t18-/m1/s1. The molecule has 0 spiro atoms. The zero-order valence-corrected chi connectivity index (χ0v) is 19.7. The van der Waals surface area contributed by atoms with Crippen LogP contribution in [0.15, 0.2) is 46.0 Å². The Morgan fingerprint density at radius 1 is 1.09 bits per heavy atom.